The van der Waals surface area contributed by atoms with E-state index in [9.17, 15) is 13.2 Å². The van der Waals surface area contributed by atoms with E-state index in [1.807, 2.05) is 0 Å². The van der Waals surface area contributed by atoms with Gasteiger partial charge in [-0.25, -0.2) is 4.98 Å². The number of pyridine rings is 1. The Bertz CT molecular complexity index is 457. The molecule has 0 aromatic carbocycles. The van der Waals surface area contributed by atoms with E-state index in [0.29, 0.717) is 18.3 Å². The van der Waals surface area contributed by atoms with Crippen molar-refractivity contribution in [1.29, 1.82) is 0 Å². The number of halogens is 4. The summed E-state index contributed by atoms with van der Waals surface area (Å²) >= 11 is 5.84. The predicted octanol–water partition coefficient (Wildman–Crippen LogP) is 3.51. The van der Waals surface area contributed by atoms with Gasteiger partial charge in [0.05, 0.1) is 10.6 Å². The lowest BCUT2D eigenvalue weighted by Gasteiger charge is -2.29. The van der Waals surface area contributed by atoms with E-state index in [2.05, 4.69) is 22.2 Å². The molecule has 20 heavy (non-hydrogen) atoms. The topological polar surface area (TPSA) is 28.2 Å². The molecule has 7 heteroatoms. The van der Waals surface area contributed by atoms with E-state index >= 15 is 0 Å². The highest BCUT2D eigenvalue weighted by atomic mass is 35.5. The van der Waals surface area contributed by atoms with E-state index < -0.39 is 11.7 Å². The highest BCUT2D eigenvalue weighted by Gasteiger charge is 2.31. The zero-order chi connectivity index (χ0) is 14.8. The number of aromatic nitrogens is 1. The van der Waals surface area contributed by atoms with E-state index in [4.69, 9.17) is 11.6 Å². The van der Waals surface area contributed by atoms with Gasteiger partial charge in [0.25, 0.3) is 0 Å². The SMILES string of the molecule is CN1CCC(CNc2ncc(C(F)(F)F)cc2Cl)CC1. The molecule has 3 nitrogen and oxygen atoms in total. The predicted molar refractivity (Wildman–Crippen MR) is 73.0 cm³/mol. The lowest BCUT2D eigenvalue weighted by Crippen LogP contribution is -2.33. The second-order valence-corrected chi connectivity index (χ2v) is 5.59. The van der Waals surface area contributed by atoms with E-state index in [1.54, 1.807) is 0 Å². The summed E-state index contributed by atoms with van der Waals surface area (Å²) < 4.78 is 37.5. The van der Waals surface area contributed by atoms with Gasteiger partial charge in [-0.05, 0) is 45.0 Å². The fourth-order valence-corrected chi connectivity index (χ4v) is 2.46. The minimum absolute atomic E-state index is 0.00718. The molecule has 1 N–H and O–H groups in total. The molecular weight excluding hydrogens is 291 g/mol. The van der Waals surface area contributed by atoms with Crippen molar-refractivity contribution in [3.8, 4) is 0 Å². The average Bonchev–Trinajstić information content (AvgIpc) is 2.38. The molecule has 0 saturated carbocycles. The number of nitrogens with one attached hydrogen (secondary N) is 1. The van der Waals surface area contributed by atoms with Crippen molar-refractivity contribution >= 4 is 17.4 Å². The number of hydrogen-bond acceptors (Lipinski definition) is 3. The summed E-state index contributed by atoms with van der Waals surface area (Å²) in [6.07, 6.45) is -1.46. The van der Waals surface area contributed by atoms with Gasteiger partial charge < -0.3 is 10.2 Å². The van der Waals surface area contributed by atoms with Gasteiger partial charge in [-0.2, -0.15) is 13.2 Å². The Hall–Kier alpha value is -1.01. The number of piperidine rings is 1. The van der Waals surface area contributed by atoms with Crippen LogP contribution in [0.15, 0.2) is 12.3 Å². The van der Waals surface area contributed by atoms with Gasteiger partial charge in [-0.3, -0.25) is 0 Å². The van der Waals surface area contributed by atoms with Gasteiger partial charge in [0, 0.05) is 12.7 Å². The van der Waals surface area contributed by atoms with E-state index in [0.717, 1.165) is 38.2 Å². The molecule has 1 aliphatic heterocycles. The lowest BCUT2D eigenvalue weighted by atomic mass is 9.97. The van der Waals surface area contributed by atoms with Crippen LogP contribution in [0, 0.1) is 5.92 Å². The second kappa shape index (κ2) is 6.18. The number of rotatable bonds is 3. The van der Waals surface area contributed by atoms with Crippen LogP contribution in [-0.2, 0) is 6.18 Å². The maximum Gasteiger partial charge on any atom is 0.417 e. The van der Waals surface area contributed by atoms with Gasteiger partial charge >= 0.3 is 6.18 Å². The van der Waals surface area contributed by atoms with Crippen molar-refractivity contribution in [2.24, 2.45) is 5.92 Å². The van der Waals surface area contributed by atoms with Crippen LogP contribution in [0.25, 0.3) is 0 Å². The summed E-state index contributed by atoms with van der Waals surface area (Å²) in [7, 11) is 2.08. The van der Waals surface area contributed by atoms with Crippen LogP contribution < -0.4 is 5.32 Å². The highest BCUT2D eigenvalue weighted by Crippen LogP contribution is 2.32. The summed E-state index contributed by atoms with van der Waals surface area (Å²) in [4.78, 5) is 6.03. The first kappa shape index (κ1) is 15.4. The largest absolute Gasteiger partial charge is 0.417 e. The Morgan fingerprint density at radius 3 is 2.60 bits per heavy atom. The normalized spacial score (nSPS) is 18.2. The summed E-state index contributed by atoms with van der Waals surface area (Å²) in [5, 5.41) is 3.05. The van der Waals surface area contributed by atoms with Gasteiger partial charge in [-0.15, -0.1) is 0 Å². The van der Waals surface area contributed by atoms with Crippen LogP contribution in [0.2, 0.25) is 5.02 Å². The molecule has 0 unspecified atom stereocenters. The number of likely N-dealkylation sites (tertiary alicyclic amines) is 1. The Balaban J connectivity index is 1.93. The molecule has 2 heterocycles. The molecule has 0 amide bonds. The van der Waals surface area contributed by atoms with Crippen LogP contribution in [0.5, 0.6) is 0 Å². The van der Waals surface area contributed by atoms with E-state index in [-0.39, 0.29) is 5.02 Å². The van der Waals surface area contributed by atoms with Crippen LogP contribution in [0.3, 0.4) is 0 Å². The molecule has 1 fully saturated rings. The first-order valence-corrected chi connectivity index (χ1v) is 6.89. The zero-order valence-corrected chi connectivity index (χ0v) is 11.9. The summed E-state index contributed by atoms with van der Waals surface area (Å²) in [6.45, 7) is 2.77. The molecule has 0 aliphatic carbocycles. The quantitative estimate of drug-likeness (QED) is 0.926. The molecule has 0 spiro atoms. The molecule has 1 aliphatic rings. The minimum Gasteiger partial charge on any atom is -0.369 e. The van der Waals surface area contributed by atoms with E-state index in [1.165, 1.54) is 0 Å². The van der Waals surface area contributed by atoms with Crippen LogP contribution in [0.1, 0.15) is 18.4 Å². The van der Waals surface area contributed by atoms with Crippen molar-refractivity contribution in [2.45, 2.75) is 19.0 Å². The van der Waals surface area contributed by atoms with Crippen molar-refractivity contribution in [2.75, 3.05) is 32.0 Å². The van der Waals surface area contributed by atoms with Crippen molar-refractivity contribution < 1.29 is 13.2 Å². The lowest BCUT2D eigenvalue weighted by molar-refractivity contribution is -0.137. The molecule has 112 valence electrons. The molecule has 1 aromatic rings. The van der Waals surface area contributed by atoms with Gasteiger partial charge in [0.2, 0.25) is 0 Å². The molecular formula is C13H17ClF3N3. The number of anilines is 1. The number of hydrogen-bond donors (Lipinski definition) is 1. The Labute approximate surface area is 121 Å². The Morgan fingerprint density at radius 2 is 2.05 bits per heavy atom. The summed E-state index contributed by atoms with van der Waals surface area (Å²) in [5.74, 6) is 0.824. The third-order valence-corrected chi connectivity index (χ3v) is 3.85. The minimum atomic E-state index is -4.41. The second-order valence-electron chi connectivity index (χ2n) is 5.18. The first-order chi connectivity index (χ1) is 9.36. The molecule has 1 saturated heterocycles. The molecule has 2 rings (SSSR count). The molecule has 0 bridgehead atoms. The van der Waals surface area contributed by atoms with Gasteiger partial charge in [0.1, 0.15) is 5.82 Å². The molecule has 0 atom stereocenters. The maximum absolute atomic E-state index is 12.5. The monoisotopic (exact) mass is 307 g/mol. The number of alkyl halides is 3. The smallest absolute Gasteiger partial charge is 0.369 e. The third kappa shape index (κ3) is 3.99. The first-order valence-electron chi connectivity index (χ1n) is 6.51. The van der Waals surface area contributed by atoms with Gasteiger partial charge in [0.15, 0.2) is 0 Å². The van der Waals surface area contributed by atoms with Crippen LogP contribution >= 0.6 is 11.6 Å². The third-order valence-electron chi connectivity index (χ3n) is 3.56. The Morgan fingerprint density at radius 1 is 1.40 bits per heavy atom. The number of nitrogens with zero attached hydrogens (tertiary/aromatic N) is 2. The van der Waals surface area contributed by atoms with Crippen LogP contribution in [0.4, 0.5) is 19.0 Å². The molecule has 1 aromatic heterocycles. The Kier molecular flexibility index (Phi) is 4.75. The van der Waals surface area contributed by atoms with Gasteiger partial charge in [-0.1, -0.05) is 11.6 Å². The van der Waals surface area contributed by atoms with Crippen molar-refractivity contribution in [3.05, 3.63) is 22.8 Å². The molecule has 0 radical (unpaired) electrons. The maximum atomic E-state index is 12.5. The standard InChI is InChI=1S/C13H17ClF3N3/c1-20-4-2-9(3-5-20)7-18-12-11(14)6-10(8-19-12)13(15,16)17/h6,8-9H,2-5,7H2,1H3,(H,18,19). The summed E-state index contributed by atoms with van der Waals surface area (Å²) in [5.41, 5.74) is -0.827. The van der Waals surface area contributed by atoms with Crippen molar-refractivity contribution in [1.82, 2.24) is 9.88 Å². The fraction of sp³-hybridized carbons (Fsp3) is 0.615. The van der Waals surface area contributed by atoms with Crippen LogP contribution in [-0.4, -0.2) is 36.6 Å². The summed E-state index contributed by atoms with van der Waals surface area (Å²) in [6, 6.07) is 0.908. The fourth-order valence-electron chi connectivity index (χ4n) is 2.23. The zero-order valence-electron chi connectivity index (χ0n) is 11.2. The average molecular weight is 308 g/mol. The highest BCUT2D eigenvalue weighted by molar-refractivity contribution is 6.32. The van der Waals surface area contributed by atoms with Crippen molar-refractivity contribution in [3.63, 3.8) is 0 Å².